The minimum atomic E-state index is -1.07. The number of fused-ring (bicyclic) bond motifs is 11. The van der Waals surface area contributed by atoms with E-state index >= 15 is 0 Å². The molecule has 1 saturated carbocycles. The summed E-state index contributed by atoms with van der Waals surface area (Å²) in [5.74, 6) is -1.31. The lowest BCUT2D eigenvalue weighted by atomic mass is 9.79. The van der Waals surface area contributed by atoms with Crippen molar-refractivity contribution in [1.82, 2.24) is 20.6 Å². The number of ether oxygens (including phenoxy) is 2. The summed E-state index contributed by atoms with van der Waals surface area (Å²) >= 11 is 0. The van der Waals surface area contributed by atoms with Gasteiger partial charge in [0.1, 0.15) is 12.5 Å². The first-order chi connectivity index (χ1) is 24.8. The first-order valence-electron chi connectivity index (χ1n) is 19.2. The minimum absolute atomic E-state index is 0.0365. The van der Waals surface area contributed by atoms with E-state index in [1.54, 1.807) is 0 Å². The summed E-state index contributed by atoms with van der Waals surface area (Å²) in [7, 11) is 1.38. The molecule has 0 amide bonds. The summed E-state index contributed by atoms with van der Waals surface area (Å²) in [6, 6.07) is -0.386. The van der Waals surface area contributed by atoms with Gasteiger partial charge < -0.3 is 35.2 Å². The van der Waals surface area contributed by atoms with Gasteiger partial charge in [0.15, 0.2) is 0 Å². The normalized spacial score (nSPS) is 32.7. The summed E-state index contributed by atoms with van der Waals surface area (Å²) in [5, 5.41) is 21.3. The Morgan fingerprint density at radius 2 is 1.87 bits per heavy atom. The summed E-state index contributed by atoms with van der Waals surface area (Å²) in [5.41, 5.74) is 11.5. The van der Waals surface area contributed by atoms with Gasteiger partial charge in [-0.25, -0.2) is 0 Å². The molecule has 7 rings (SSSR count). The number of aliphatic hydroxyl groups is 1. The van der Waals surface area contributed by atoms with Crippen molar-refractivity contribution >= 4 is 29.7 Å². The Hall–Kier alpha value is -4.08. The monoisotopic (exact) mass is 708 g/mol. The second kappa shape index (κ2) is 13.7. The molecule has 2 saturated heterocycles. The van der Waals surface area contributed by atoms with E-state index in [2.05, 4.69) is 87.0 Å². The van der Waals surface area contributed by atoms with Gasteiger partial charge in [0.2, 0.25) is 0 Å². The molecule has 3 aliphatic heterocycles. The van der Waals surface area contributed by atoms with Crippen molar-refractivity contribution in [3.8, 4) is 0 Å². The van der Waals surface area contributed by atoms with Crippen LogP contribution in [0.3, 0.4) is 0 Å². The van der Waals surface area contributed by atoms with Gasteiger partial charge in [-0.05, 0) is 112 Å². The van der Waals surface area contributed by atoms with E-state index in [0.29, 0.717) is 6.42 Å². The minimum Gasteiger partial charge on any atom is -0.468 e. The van der Waals surface area contributed by atoms with Crippen LogP contribution in [0, 0.1) is 42.9 Å². The number of nitrogens with one attached hydrogen (secondary N) is 4. The molecule has 2 unspecified atom stereocenters. The Bertz CT molecular complexity index is 2040. The second-order valence-electron chi connectivity index (χ2n) is 15.9. The molecule has 0 aromatic carbocycles. The van der Waals surface area contributed by atoms with Gasteiger partial charge in [0, 0.05) is 68.9 Å². The smallest absolute Gasteiger partial charge is 0.315 e. The van der Waals surface area contributed by atoms with Gasteiger partial charge in [-0.3, -0.25) is 9.59 Å². The van der Waals surface area contributed by atoms with Crippen molar-refractivity contribution < 1.29 is 24.2 Å². The van der Waals surface area contributed by atoms with E-state index < -0.39 is 18.0 Å². The van der Waals surface area contributed by atoms with Crippen LogP contribution in [0.2, 0.25) is 0 Å². The van der Waals surface area contributed by atoms with Crippen LogP contribution in [0.15, 0.2) is 41.3 Å². The van der Waals surface area contributed by atoms with Crippen LogP contribution in [0.5, 0.6) is 0 Å². The molecule has 8 atom stereocenters. The number of unbranched alkanes of at least 4 members (excludes halogenated alkanes) is 1. The average Bonchev–Trinajstić information content (AvgIpc) is 3.59. The lowest BCUT2D eigenvalue weighted by molar-refractivity contribution is -0.147. The molecule has 2 aliphatic carbocycles. The topological polar surface area (TPSA) is 128 Å². The number of rotatable bonds is 10. The molecule has 2 aromatic heterocycles. The van der Waals surface area contributed by atoms with Gasteiger partial charge in [-0.2, -0.15) is 0 Å². The number of aromatic amines is 2. The van der Waals surface area contributed by atoms with Crippen LogP contribution in [0.25, 0.3) is 17.7 Å². The van der Waals surface area contributed by atoms with Crippen LogP contribution in [0.4, 0.5) is 0 Å². The summed E-state index contributed by atoms with van der Waals surface area (Å²) in [6.07, 6.45) is 12.6. The highest BCUT2D eigenvalue weighted by Crippen LogP contribution is 2.68. The number of piperidine rings is 1. The quantitative estimate of drug-likeness (QED) is 0.165. The highest BCUT2D eigenvalue weighted by Gasteiger charge is 2.64. The van der Waals surface area contributed by atoms with E-state index in [1.165, 1.54) is 29.4 Å². The number of hydrogen-bond donors (Lipinski definition) is 5. The molecule has 9 heteroatoms. The summed E-state index contributed by atoms with van der Waals surface area (Å²) in [4.78, 5) is 34.1. The maximum atomic E-state index is 13.6. The number of methoxy groups -OCH3 is 1. The number of aliphatic hydroxyl groups excluding tert-OH is 1. The number of hydrogen-bond acceptors (Lipinski definition) is 7. The zero-order chi connectivity index (χ0) is 37.2. The molecule has 52 heavy (non-hydrogen) atoms. The summed E-state index contributed by atoms with van der Waals surface area (Å²) in [6.45, 7) is 19.9. The number of carbonyl (C=O) groups is 2. The molecule has 5 aliphatic rings. The Morgan fingerprint density at radius 3 is 2.58 bits per heavy atom. The van der Waals surface area contributed by atoms with Crippen molar-refractivity contribution in [2.24, 2.45) is 29.1 Å². The fourth-order valence-electron chi connectivity index (χ4n) is 9.70. The van der Waals surface area contributed by atoms with Gasteiger partial charge in [-0.15, -0.1) is 0 Å². The predicted octanol–water partition coefficient (Wildman–Crippen LogP) is 5.42. The van der Waals surface area contributed by atoms with E-state index in [4.69, 9.17) is 9.47 Å². The van der Waals surface area contributed by atoms with E-state index in [1.807, 2.05) is 13.0 Å². The molecule has 8 bridgehead atoms. The summed E-state index contributed by atoms with van der Waals surface area (Å²) < 4.78 is 11.0. The van der Waals surface area contributed by atoms with Crippen LogP contribution in [-0.2, 0) is 25.5 Å². The fourth-order valence-corrected chi connectivity index (χ4v) is 9.70. The molecular weight excluding hydrogens is 652 g/mol. The van der Waals surface area contributed by atoms with Crippen molar-refractivity contribution in [2.75, 3.05) is 13.7 Å². The van der Waals surface area contributed by atoms with Crippen molar-refractivity contribution in [2.45, 2.75) is 105 Å². The first kappa shape index (κ1) is 36.3. The zero-order valence-corrected chi connectivity index (χ0v) is 32.1. The number of esters is 2. The van der Waals surface area contributed by atoms with Crippen molar-refractivity contribution in [3.63, 3.8) is 0 Å². The van der Waals surface area contributed by atoms with Crippen molar-refractivity contribution in [1.29, 1.82) is 0 Å². The fraction of sp³-hybridized carbons (Fsp3) is 0.535. The van der Waals surface area contributed by atoms with E-state index in [-0.39, 0.29) is 54.2 Å². The third-order valence-corrected chi connectivity index (χ3v) is 13.1. The molecule has 3 fully saturated rings. The van der Waals surface area contributed by atoms with Gasteiger partial charge in [0.05, 0.1) is 13.2 Å². The number of carbonyl (C=O) groups excluding carboxylic acids is 2. The lowest BCUT2D eigenvalue weighted by Gasteiger charge is -2.27. The highest BCUT2D eigenvalue weighted by molar-refractivity contribution is 5.88. The largest absolute Gasteiger partial charge is 0.468 e. The van der Waals surface area contributed by atoms with Gasteiger partial charge >= 0.3 is 11.9 Å². The standard InChI is InChI=1S/C43H56N4O5/c1-10-12-13-21(3)16-17-52-34(48)15-14-27-23(5)30-20-33-43(8)25(7)38(43)32(45-33)19-28-22(4)26(11-2)31(44-28)18-29-24(6)35-40(47-29)36(39(27)46-30)37(41(35)49)42(50)51-9/h16,18-20,23,27,30,37-39,41,44-47,49H,7,10-15,17H2,1-6,8-9H3/b21-16+,29-18-,32-19-,33-20-/t23-,27-,30?,37+,38-,39?,41-,43+/m1/s1. The lowest BCUT2D eigenvalue weighted by Crippen LogP contribution is -2.39. The molecule has 5 N–H and O–H groups in total. The number of H-pyrrole nitrogens is 2. The Kier molecular flexibility index (Phi) is 9.57. The highest BCUT2D eigenvalue weighted by atomic mass is 16.5. The van der Waals surface area contributed by atoms with Crippen LogP contribution in [-0.4, -0.2) is 52.8 Å². The number of aromatic nitrogens is 2. The third kappa shape index (κ3) is 5.75. The van der Waals surface area contributed by atoms with Crippen molar-refractivity contribution in [3.05, 3.63) is 85.6 Å². The molecule has 9 nitrogen and oxygen atoms in total. The van der Waals surface area contributed by atoms with E-state index in [0.717, 1.165) is 75.9 Å². The maximum Gasteiger partial charge on any atom is 0.315 e. The molecule has 2 aromatic rings. The van der Waals surface area contributed by atoms with Crippen LogP contribution >= 0.6 is 0 Å². The number of allylic oxidation sites excluding steroid dienone is 3. The zero-order valence-electron chi connectivity index (χ0n) is 32.1. The molecular formula is C43H56N4O5. The molecule has 0 spiro atoms. The van der Waals surface area contributed by atoms with Crippen LogP contribution < -0.4 is 21.3 Å². The predicted molar refractivity (Wildman–Crippen MR) is 204 cm³/mol. The first-order valence-corrected chi connectivity index (χ1v) is 19.2. The second-order valence-corrected chi connectivity index (χ2v) is 15.9. The Labute approximate surface area is 307 Å². The van der Waals surface area contributed by atoms with Gasteiger partial charge in [0.25, 0.3) is 0 Å². The average molecular weight is 709 g/mol. The molecule has 278 valence electrons. The maximum absolute atomic E-state index is 13.6. The Morgan fingerprint density at radius 1 is 1.10 bits per heavy atom. The molecule has 5 heterocycles. The van der Waals surface area contributed by atoms with Crippen LogP contribution in [0.1, 0.15) is 106 Å². The Balaban J connectivity index is 1.35. The van der Waals surface area contributed by atoms with E-state index in [9.17, 15) is 14.7 Å². The van der Waals surface area contributed by atoms with Gasteiger partial charge in [-0.1, -0.05) is 44.9 Å². The SMILES string of the molecule is C=C1[C@@H]2/C3=C/c4[nH]c(c(CC)c4C)/C=c4\[nH]c5c(c4C)[C@@H](O)[C@@H](C(=O)OC)C=5C4NC(/C=C(\N3)[C@]12C)[C@H](C)[C@H]4CCC(=O)OC/C=C(\C)CCCC. The third-order valence-electron chi connectivity index (χ3n) is 13.1. The molecule has 0 radical (unpaired) electrons.